The standard InChI is InChI=1S/C13H17N3O3S/c1-3-16(7-6-12(17)18-2)9-11-14-13(15-19-11)10-5-4-8-20-10/h4-5,8H,3,6-7,9H2,1-2H3. The molecule has 7 heteroatoms. The first-order valence-electron chi connectivity index (χ1n) is 6.38. The van der Waals surface area contributed by atoms with E-state index < -0.39 is 0 Å². The minimum Gasteiger partial charge on any atom is -0.469 e. The van der Waals surface area contributed by atoms with Gasteiger partial charge in [0.25, 0.3) is 0 Å². The van der Waals surface area contributed by atoms with Crippen LogP contribution in [0, 0.1) is 0 Å². The van der Waals surface area contributed by atoms with Gasteiger partial charge in [0.1, 0.15) is 0 Å². The van der Waals surface area contributed by atoms with Crippen molar-refractivity contribution in [2.45, 2.75) is 19.9 Å². The lowest BCUT2D eigenvalue weighted by molar-refractivity contribution is -0.141. The Labute approximate surface area is 121 Å². The SMILES string of the molecule is CCN(CCC(=O)OC)Cc1nc(-c2cccs2)no1. The highest BCUT2D eigenvalue weighted by Gasteiger charge is 2.13. The molecule has 2 aromatic rings. The summed E-state index contributed by atoms with van der Waals surface area (Å²) in [5.41, 5.74) is 0. The Bertz CT molecular complexity index is 539. The fourth-order valence-electron chi connectivity index (χ4n) is 1.72. The van der Waals surface area contributed by atoms with Crippen LogP contribution in [-0.4, -0.2) is 41.2 Å². The molecular weight excluding hydrogens is 278 g/mol. The summed E-state index contributed by atoms with van der Waals surface area (Å²) in [7, 11) is 1.39. The van der Waals surface area contributed by atoms with Crippen LogP contribution in [-0.2, 0) is 16.1 Å². The van der Waals surface area contributed by atoms with Crippen LogP contribution in [0.3, 0.4) is 0 Å². The van der Waals surface area contributed by atoms with Gasteiger partial charge in [0.2, 0.25) is 11.7 Å². The van der Waals surface area contributed by atoms with E-state index in [1.54, 1.807) is 11.3 Å². The Morgan fingerprint density at radius 2 is 2.40 bits per heavy atom. The van der Waals surface area contributed by atoms with Crippen molar-refractivity contribution in [3.05, 3.63) is 23.4 Å². The van der Waals surface area contributed by atoms with Crippen LogP contribution in [0.5, 0.6) is 0 Å². The van der Waals surface area contributed by atoms with Gasteiger partial charge in [-0.2, -0.15) is 4.98 Å². The van der Waals surface area contributed by atoms with Crippen molar-refractivity contribution in [2.24, 2.45) is 0 Å². The third-order valence-corrected chi connectivity index (χ3v) is 3.74. The number of nitrogens with zero attached hydrogens (tertiary/aromatic N) is 3. The third-order valence-electron chi connectivity index (χ3n) is 2.88. The van der Waals surface area contributed by atoms with Crippen molar-refractivity contribution in [2.75, 3.05) is 20.2 Å². The number of aromatic nitrogens is 2. The highest BCUT2D eigenvalue weighted by Crippen LogP contribution is 2.21. The first-order chi connectivity index (χ1) is 9.72. The fraction of sp³-hybridized carbons (Fsp3) is 0.462. The lowest BCUT2D eigenvalue weighted by atomic mass is 10.3. The van der Waals surface area contributed by atoms with Crippen molar-refractivity contribution in [3.8, 4) is 10.7 Å². The van der Waals surface area contributed by atoms with Crippen LogP contribution in [0.2, 0.25) is 0 Å². The van der Waals surface area contributed by atoms with Crippen LogP contribution < -0.4 is 0 Å². The number of carbonyl (C=O) groups is 1. The van der Waals surface area contributed by atoms with Gasteiger partial charge in [-0.1, -0.05) is 18.1 Å². The summed E-state index contributed by atoms with van der Waals surface area (Å²) in [6.45, 7) is 3.97. The number of hydrogen-bond acceptors (Lipinski definition) is 7. The maximum absolute atomic E-state index is 11.1. The van der Waals surface area contributed by atoms with Gasteiger partial charge in [0, 0.05) is 6.54 Å². The van der Waals surface area contributed by atoms with Crippen LogP contribution in [0.25, 0.3) is 10.7 Å². The highest BCUT2D eigenvalue weighted by atomic mass is 32.1. The molecule has 0 bridgehead atoms. The van der Waals surface area contributed by atoms with E-state index in [4.69, 9.17) is 4.52 Å². The molecule has 2 aromatic heterocycles. The molecule has 0 radical (unpaired) electrons. The van der Waals surface area contributed by atoms with E-state index in [-0.39, 0.29) is 5.97 Å². The maximum Gasteiger partial charge on any atom is 0.306 e. The summed E-state index contributed by atoms with van der Waals surface area (Å²) in [4.78, 5) is 18.5. The van der Waals surface area contributed by atoms with Crippen molar-refractivity contribution < 1.29 is 14.1 Å². The van der Waals surface area contributed by atoms with Crippen LogP contribution in [0.1, 0.15) is 19.2 Å². The molecule has 108 valence electrons. The van der Waals surface area contributed by atoms with Crippen molar-refractivity contribution in [1.82, 2.24) is 15.0 Å². The average Bonchev–Trinajstić information content (AvgIpc) is 3.13. The number of ether oxygens (including phenoxy) is 1. The van der Waals surface area contributed by atoms with Gasteiger partial charge < -0.3 is 9.26 Å². The van der Waals surface area contributed by atoms with Gasteiger partial charge in [0.05, 0.1) is 25.0 Å². The highest BCUT2D eigenvalue weighted by molar-refractivity contribution is 7.13. The summed E-state index contributed by atoms with van der Waals surface area (Å²) in [6.07, 6.45) is 0.357. The molecule has 0 aliphatic carbocycles. The van der Waals surface area contributed by atoms with E-state index in [0.29, 0.717) is 31.2 Å². The van der Waals surface area contributed by atoms with Crippen molar-refractivity contribution in [3.63, 3.8) is 0 Å². The number of methoxy groups -OCH3 is 1. The molecule has 0 fully saturated rings. The van der Waals surface area contributed by atoms with Gasteiger partial charge in [-0.3, -0.25) is 9.69 Å². The average molecular weight is 295 g/mol. The second-order valence-corrected chi connectivity index (χ2v) is 5.13. The molecule has 0 aliphatic rings. The van der Waals surface area contributed by atoms with E-state index in [1.807, 2.05) is 24.4 Å². The monoisotopic (exact) mass is 295 g/mol. The second-order valence-electron chi connectivity index (χ2n) is 4.18. The molecule has 0 N–H and O–H groups in total. The molecule has 2 rings (SSSR count). The predicted molar refractivity (Wildman–Crippen MR) is 75.2 cm³/mol. The summed E-state index contributed by atoms with van der Waals surface area (Å²) >= 11 is 1.57. The van der Waals surface area contributed by atoms with E-state index in [9.17, 15) is 4.79 Å². The minimum atomic E-state index is -0.215. The van der Waals surface area contributed by atoms with Crippen molar-refractivity contribution >= 4 is 17.3 Å². The molecule has 0 aliphatic heterocycles. The Balaban J connectivity index is 1.92. The van der Waals surface area contributed by atoms with E-state index in [2.05, 4.69) is 19.8 Å². The number of hydrogen-bond donors (Lipinski definition) is 0. The van der Waals surface area contributed by atoms with Crippen LogP contribution in [0.15, 0.2) is 22.0 Å². The molecule has 0 amide bonds. The third kappa shape index (κ3) is 3.88. The zero-order chi connectivity index (χ0) is 14.4. The van der Waals surface area contributed by atoms with Gasteiger partial charge in [0.15, 0.2) is 0 Å². The van der Waals surface area contributed by atoms with Gasteiger partial charge in [-0.05, 0) is 18.0 Å². The molecule has 0 atom stereocenters. The quantitative estimate of drug-likeness (QED) is 0.729. The largest absolute Gasteiger partial charge is 0.469 e. The van der Waals surface area contributed by atoms with Gasteiger partial charge in [-0.15, -0.1) is 11.3 Å². The van der Waals surface area contributed by atoms with E-state index in [0.717, 1.165) is 11.4 Å². The Morgan fingerprint density at radius 3 is 3.05 bits per heavy atom. The molecule has 0 spiro atoms. The number of rotatable bonds is 7. The Hall–Kier alpha value is -1.73. The van der Waals surface area contributed by atoms with E-state index in [1.165, 1.54) is 7.11 Å². The van der Waals surface area contributed by atoms with Gasteiger partial charge >= 0.3 is 5.97 Å². The topological polar surface area (TPSA) is 68.5 Å². The number of carbonyl (C=O) groups excluding carboxylic acids is 1. The Kier molecular flexibility index (Phi) is 5.25. The first-order valence-corrected chi connectivity index (χ1v) is 7.26. The normalized spacial score (nSPS) is 10.9. The summed E-state index contributed by atoms with van der Waals surface area (Å²) < 4.78 is 9.87. The summed E-state index contributed by atoms with van der Waals surface area (Å²) in [6, 6.07) is 3.90. The lowest BCUT2D eigenvalue weighted by Crippen LogP contribution is -2.26. The molecule has 2 heterocycles. The predicted octanol–water partition coefficient (Wildman–Crippen LogP) is 2.18. The van der Waals surface area contributed by atoms with Crippen molar-refractivity contribution in [1.29, 1.82) is 0 Å². The molecular formula is C13H17N3O3S. The molecule has 0 aromatic carbocycles. The molecule has 0 saturated carbocycles. The van der Waals surface area contributed by atoms with E-state index >= 15 is 0 Å². The first kappa shape index (κ1) is 14.7. The zero-order valence-corrected chi connectivity index (χ0v) is 12.4. The molecule has 0 unspecified atom stereocenters. The summed E-state index contributed by atoms with van der Waals surface area (Å²) in [5, 5.41) is 5.94. The fourth-order valence-corrected chi connectivity index (χ4v) is 2.37. The van der Waals surface area contributed by atoms with Crippen LogP contribution in [0.4, 0.5) is 0 Å². The van der Waals surface area contributed by atoms with Crippen LogP contribution >= 0.6 is 11.3 Å². The maximum atomic E-state index is 11.1. The molecule has 6 nitrogen and oxygen atoms in total. The smallest absolute Gasteiger partial charge is 0.306 e. The minimum absolute atomic E-state index is 0.215. The number of esters is 1. The van der Waals surface area contributed by atoms with Gasteiger partial charge in [-0.25, -0.2) is 0 Å². The Morgan fingerprint density at radius 1 is 1.55 bits per heavy atom. The lowest BCUT2D eigenvalue weighted by Gasteiger charge is -2.16. The second kappa shape index (κ2) is 7.16. The zero-order valence-electron chi connectivity index (χ0n) is 11.5. The summed E-state index contributed by atoms with van der Waals surface area (Å²) in [5.74, 6) is 0.951. The molecule has 20 heavy (non-hydrogen) atoms. The number of thiophene rings is 1. The molecule has 0 saturated heterocycles.